The average molecular weight is 323 g/mol. The second-order valence-corrected chi connectivity index (χ2v) is 4.29. The van der Waals surface area contributed by atoms with E-state index in [1.165, 1.54) is 6.07 Å². The van der Waals surface area contributed by atoms with E-state index >= 15 is 0 Å². The molecule has 0 unspecified atom stereocenters. The molecule has 0 spiro atoms. The first-order valence-corrected chi connectivity index (χ1v) is 5.95. The summed E-state index contributed by atoms with van der Waals surface area (Å²) in [5, 5.41) is 19.0. The van der Waals surface area contributed by atoms with Gasteiger partial charge in [0.15, 0.2) is 5.84 Å². The lowest BCUT2D eigenvalue weighted by Gasteiger charge is -2.09. The maximum atomic E-state index is 12.9. The number of nitrogens with two attached hydrogens (primary N) is 1. The van der Waals surface area contributed by atoms with Gasteiger partial charge in [-0.3, -0.25) is 10.8 Å². The van der Waals surface area contributed by atoms with Crippen molar-refractivity contribution in [2.24, 2.45) is 10.8 Å². The zero-order chi connectivity index (χ0) is 17.2. The molecule has 1 aromatic carbocycles. The van der Waals surface area contributed by atoms with Crippen LogP contribution in [0.25, 0.3) is 11.0 Å². The summed E-state index contributed by atoms with van der Waals surface area (Å²) < 4.78 is 43.4. The van der Waals surface area contributed by atoms with E-state index in [0.717, 1.165) is 12.1 Å². The van der Waals surface area contributed by atoms with E-state index in [1.807, 2.05) is 0 Å². The van der Waals surface area contributed by atoms with Gasteiger partial charge in [-0.2, -0.15) is 23.5 Å². The number of hydrogen-bond acceptors (Lipinski definition) is 6. The first-order valence-electron chi connectivity index (χ1n) is 5.95. The number of alkyl halides is 3. The van der Waals surface area contributed by atoms with Crippen LogP contribution in [0.15, 0.2) is 38.6 Å². The molecule has 0 aliphatic heterocycles. The van der Waals surface area contributed by atoms with Crippen LogP contribution in [-0.4, -0.2) is 11.5 Å². The fraction of sp³-hybridized carbons (Fsp3) is 0.0769. The summed E-state index contributed by atoms with van der Waals surface area (Å²) in [7, 11) is 0. The summed E-state index contributed by atoms with van der Waals surface area (Å²) in [6.45, 7) is 0. The van der Waals surface area contributed by atoms with Crippen molar-refractivity contribution in [1.29, 1.82) is 10.7 Å². The molecule has 23 heavy (non-hydrogen) atoms. The topological polar surface area (TPSA) is 128 Å². The summed E-state index contributed by atoms with van der Waals surface area (Å²) in [5.74, 6) is -0.577. The third kappa shape index (κ3) is 3.46. The highest BCUT2D eigenvalue weighted by Crippen LogP contribution is 2.34. The summed E-state index contributed by atoms with van der Waals surface area (Å²) in [5.41, 5.74) is 4.63. The van der Waals surface area contributed by atoms with Crippen LogP contribution in [0.4, 0.5) is 18.9 Å². The van der Waals surface area contributed by atoms with Crippen molar-refractivity contribution < 1.29 is 17.6 Å². The Morgan fingerprint density at radius 2 is 2.09 bits per heavy atom. The number of benzene rings is 1. The van der Waals surface area contributed by atoms with Crippen molar-refractivity contribution in [1.82, 2.24) is 0 Å². The lowest BCUT2D eigenvalue weighted by molar-refractivity contribution is -0.136. The summed E-state index contributed by atoms with van der Waals surface area (Å²) in [6, 6.07) is 5.39. The standard InChI is InChI=1S/C13H8F3N5O2/c14-13(15,16)8-4-11(22)23-10-3-6(1-2-7(8)10)20-21-9(5-17)12(18)19/h1-4,20H,(H3,18,19)/b21-9+. The van der Waals surface area contributed by atoms with Gasteiger partial charge in [-0.15, -0.1) is 0 Å². The molecule has 4 N–H and O–H groups in total. The molecule has 0 fully saturated rings. The normalized spacial score (nSPS) is 12.0. The van der Waals surface area contributed by atoms with Crippen LogP contribution in [0.1, 0.15) is 5.56 Å². The molecular formula is C13H8F3N5O2. The second-order valence-electron chi connectivity index (χ2n) is 4.29. The average Bonchev–Trinajstić information content (AvgIpc) is 2.45. The number of hydrazone groups is 1. The van der Waals surface area contributed by atoms with Gasteiger partial charge in [0.1, 0.15) is 11.7 Å². The molecule has 0 amide bonds. The van der Waals surface area contributed by atoms with Gasteiger partial charge in [0.2, 0.25) is 5.71 Å². The maximum Gasteiger partial charge on any atom is 0.417 e. The Balaban J connectivity index is 2.51. The monoisotopic (exact) mass is 323 g/mol. The Labute approximate surface area is 126 Å². The van der Waals surface area contributed by atoms with Gasteiger partial charge >= 0.3 is 11.8 Å². The predicted octanol–water partition coefficient (Wildman–Crippen LogP) is 2.04. The molecule has 7 nitrogen and oxygen atoms in total. The first-order chi connectivity index (χ1) is 10.7. The Morgan fingerprint density at radius 1 is 1.39 bits per heavy atom. The van der Waals surface area contributed by atoms with Crippen molar-refractivity contribution >= 4 is 28.2 Å². The number of halogens is 3. The molecule has 118 valence electrons. The van der Waals surface area contributed by atoms with Gasteiger partial charge < -0.3 is 10.2 Å². The first kappa shape index (κ1) is 16.0. The van der Waals surface area contributed by atoms with E-state index in [9.17, 15) is 18.0 Å². The van der Waals surface area contributed by atoms with Crippen LogP contribution in [0, 0.1) is 16.7 Å². The molecule has 2 aromatic rings. The Bertz CT molecular complexity index is 908. The number of hydrogen-bond donors (Lipinski definition) is 3. The van der Waals surface area contributed by atoms with Crippen LogP contribution >= 0.6 is 0 Å². The third-order valence-electron chi connectivity index (χ3n) is 2.71. The van der Waals surface area contributed by atoms with Crippen molar-refractivity contribution in [2.75, 3.05) is 5.43 Å². The van der Waals surface area contributed by atoms with Crippen LogP contribution in [0.5, 0.6) is 0 Å². The molecule has 0 bridgehead atoms. The van der Waals surface area contributed by atoms with Crippen molar-refractivity contribution in [3.63, 3.8) is 0 Å². The lowest BCUT2D eigenvalue weighted by atomic mass is 10.1. The van der Waals surface area contributed by atoms with Gasteiger partial charge in [0.05, 0.1) is 11.3 Å². The Morgan fingerprint density at radius 3 is 2.65 bits per heavy atom. The van der Waals surface area contributed by atoms with Gasteiger partial charge in [-0.05, 0) is 12.1 Å². The predicted molar refractivity (Wildman–Crippen MR) is 76.1 cm³/mol. The van der Waals surface area contributed by atoms with Crippen molar-refractivity contribution in [3.05, 3.63) is 40.2 Å². The lowest BCUT2D eigenvalue weighted by Crippen LogP contribution is -2.21. The van der Waals surface area contributed by atoms with Gasteiger partial charge in [0, 0.05) is 17.5 Å². The summed E-state index contributed by atoms with van der Waals surface area (Å²) >= 11 is 0. The molecule has 0 aliphatic carbocycles. The number of amidine groups is 1. The second kappa shape index (κ2) is 5.80. The summed E-state index contributed by atoms with van der Waals surface area (Å²) in [4.78, 5) is 11.3. The molecule has 1 aromatic heterocycles. The van der Waals surface area contributed by atoms with Gasteiger partial charge in [-0.25, -0.2) is 4.79 Å². The van der Waals surface area contributed by atoms with Crippen LogP contribution < -0.4 is 16.8 Å². The van der Waals surface area contributed by atoms with E-state index in [1.54, 1.807) is 6.07 Å². The number of nitrogens with one attached hydrogen (secondary N) is 2. The molecule has 10 heteroatoms. The molecule has 0 atom stereocenters. The Kier molecular flexibility index (Phi) is 4.04. The number of fused-ring (bicyclic) bond motifs is 1. The molecular weight excluding hydrogens is 315 g/mol. The van der Waals surface area contributed by atoms with E-state index in [4.69, 9.17) is 20.8 Å². The molecule has 0 radical (unpaired) electrons. The number of nitrogens with zero attached hydrogens (tertiary/aromatic N) is 2. The van der Waals surface area contributed by atoms with E-state index in [0.29, 0.717) is 6.07 Å². The maximum absolute atomic E-state index is 12.9. The van der Waals surface area contributed by atoms with E-state index in [-0.39, 0.29) is 16.7 Å². The zero-order valence-electron chi connectivity index (χ0n) is 11.2. The highest BCUT2D eigenvalue weighted by molar-refractivity contribution is 6.45. The molecule has 0 aliphatic rings. The fourth-order valence-corrected chi connectivity index (χ4v) is 1.73. The van der Waals surface area contributed by atoms with Gasteiger partial charge in [0.25, 0.3) is 0 Å². The zero-order valence-corrected chi connectivity index (χ0v) is 11.2. The smallest absolute Gasteiger partial charge is 0.417 e. The minimum atomic E-state index is -4.70. The largest absolute Gasteiger partial charge is 0.423 e. The highest BCUT2D eigenvalue weighted by atomic mass is 19.4. The number of rotatable bonds is 3. The number of nitriles is 1. The van der Waals surface area contributed by atoms with Crippen molar-refractivity contribution in [2.45, 2.75) is 6.18 Å². The molecule has 2 rings (SSSR count). The van der Waals surface area contributed by atoms with Crippen molar-refractivity contribution in [3.8, 4) is 6.07 Å². The number of anilines is 1. The fourth-order valence-electron chi connectivity index (χ4n) is 1.73. The molecule has 0 saturated carbocycles. The Hall–Kier alpha value is -3.35. The SMILES string of the molecule is N#C/C(=N\Nc1ccc2c(C(F)(F)F)cc(=O)oc2c1)C(=N)N. The quantitative estimate of drug-likeness (QED) is 0.344. The van der Waals surface area contributed by atoms with E-state index in [2.05, 4.69) is 10.5 Å². The molecule has 1 heterocycles. The van der Waals surface area contributed by atoms with Gasteiger partial charge in [-0.1, -0.05) is 0 Å². The molecule has 0 saturated heterocycles. The third-order valence-corrected chi connectivity index (χ3v) is 2.71. The van der Waals surface area contributed by atoms with Crippen LogP contribution in [0.2, 0.25) is 0 Å². The minimum absolute atomic E-state index is 0.147. The van der Waals surface area contributed by atoms with Crippen LogP contribution in [-0.2, 0) is 6.18 Å². The van der Waals surface area contributed by atoms with E-state index < -0.39 is 28.9 Å². The highest BCUT2D eigenvalue weighted by Gasteiger charge is 2.33. The van der Waals surface area contributed by atoms with Crippen LogP contribution in [0.3, 0.4) is 0 Å². The minimum Gasteiger partial charge on any atom is -0.423 e. The summed E-state index contributed by atoms with van der Waals surface area (Å²) in [6.07, 6.45) is -4.70.